The fraction of sp³-hybridized carbons (Fsp3) is 0.200. The normalized spacial score (nSPS) is 11.5. The van der Waals surface area contributed by atoms with Gasteiger partial charge in [-0.25, -0.2) is 9.59 Å². The van der Waals surface area contributed by atoms with Crippen molar-refractivity contribution in [3.63, 3.8) is 0 Å². The average molecular weight is 523 g/mol. The number of hydrogen-bond acceptors (Lipinski definition) is 5. The zero-order valence-corrected chi connectivity index (χ0v) is 20.9. The van der Waals surface area contributed by atoms with Gasteiger partial charge < -0.3 is 13.9 Å². The topological polar surface area (TPSA) is 65.7 Å². The maximum atomic E-state index is 14.0. The van der Waals surface area contributed by atoms with Crippen LogP contribution in [0.25, 0.3) is 33.1 Å². The molecule has 0 radical (unpaired) electrons. The standard InChI is InChI=1S/C30H25F3O5/c1-17(2)28(34)36-15-5-6-19-7-9-20(10-8-19)21-11-12-22-23-13-14-24(38-29(35)18(3)4)26(30(31,32)33)27(23)37-25(22)16-21/h7-14,16H,1,3,5-6,15H2,2,4H3. The first-order chi connectivity index (χ1) is 18.0. The summed E-state index contributed by atoms with van der Waals surface area (Å²) in [4.78, 5) is 23.4. The van der Waals surface area contributed by atoms with Gasteiger partial charge in [-0.1, -0.05) is 43.5 Å². The Morgan fingerprint density at radius 1 is 0.868 bits per heavy atom. The van der Waals surface area contributed by atoms with Crippen molar-refractivity contribution < 1.29 is 36.7 Å². The lowest BCUT2D eigenvalue weighted by atomic mass is 10.0. The minimum atomic E-state index is -4.82. The van der Waals surface area contributed by atoms with Gasteiger partial charge >= 0.3 is 18.1 Å². The van der Waals surface area contributed by atoms with Gasteiger partial charge in [0.1, 0.15) is 16.9 Å². The third-order valence-corrected chi connectivity index (χ3v) is 5.92. The molecule has 0 fully saturated rings. The molecule has 0 aliphatic heterocycles. The van der Waals surface area contributed by atoms with Crippen molar-refractivity contribution in [1.82, 2.24) is 0 Å². The van der Waals surface area contributed by atoms with Gasteiger partial charge in [-0.3, -0.25) is 0 Å². The molecule has 0 aliphatic carbocycles. The maximum Gasteiger partial charge on any atom is 0.423 e. The number of fused-ring (bicyclic) bond motifs is 3. The lowest BCUT2D eigenvalue weighted by Gasteiger charge is -2.13. The van der Waals surface area contributed by atoms with Crippen molar-refractivity contribution in [2.24, 2.45) is 0 Å². The first kappa shape index (κ1) is 26.7. The van der Waals surface area contributed by atoms with Crippen LogP contribution in [0.15, 0.2) is 83.3 Å². The Morgan fingerprint density at radius 3 is 2.13 bits per heavy atom. The van der Waals surface area contributed by atoms with Crippen molar-refractivity contribution in [3.05, 3.63) is 90.0 Å². The molecular formula is C30H25F3O5. The second-order valence-electron chi connectivity index (χ2n) is 9.01. The summed E-state index contributed by atoms with van der Waals surface area (Å²) in [7, 11) is 0. The Bertz CT molecular complexity index is 1560. The smallest absolute Gasteiger partial charge is 0.423 e. The first-order valence-electron chi connectivity index (χ1n) is 11.8. The molecule has 196 valence electrons. The highest BCUT2D eigenvalue weighted by Gasteiger charge is 2.39. The number of carbonyl (C=O) groups is 2. The van der Waals surface area contributed by atoms with Crippen molar-refractivity contribution in [2.75, 3.05) is 6.61 Å². The summed E-state index contributed by atoms with van der Waals surface area (Å²) >= 11 is 0. The highest BCUT2D eigenvalue weighted by molar-refractivity contribution is 6.08. The average Bonchev–Trinajstić information content (AvgIpc) is 3.23. The third-order valence-electron chi connectivity index (χ3n) is 5.92. The Hall–Kier alpha value is -4.33. The van der Waals surface area contributed by atoms with E-state index in [9.17, 15) is 22.8 Å². The van der Waals surface area contributed by atoms with E-state index in [2.05, 4.69) is 13.2 Å². The lowest BCUT2D eigenvalue weighted by Crippen LogP contribution is -2.14. The predicted octanol–water partition coefficient (Wildman–Crippen LogP) is 7.81. The molecular weight excluding hydrogens is 497 g/mol. The van der Waals surface area contributed by atoms with E-state index in [-0.39, 0.29) is 16.5 Å². The maximum absolute atomic E-state index is 14.0. The predicted molar refractivity (Wildman–Crippen MR) is 139 cm³/mol. The molecule has 0 saturated carbocycles. The molecule has 1 aromatic heterocycles. The number of aryl methyl sites for hydroxylation is 1. The van der Waals surface area contributed by atoms with E-state index in [1.54, 1.807) is 19.1 Å². The van der Waals surface area contributed by atoms with E-state index in [1.807, 2.05) is 30.3 Å². The van der Waals surface area contributed by atoms with Crippen LogP contribution in [0.4, 0.5) is 13.2 Å². The summed E-state index contributed by atoms with van der Waals surface area (Å²) in [6.07, 6.45) is -3.45. The van der Waals surface area contributed by atoms with Crippen LogP contribution in [0.1, 0.15) is 31.4 Å². The minimum absolute atomic E-state index is 0.0234. The monoisotopic (exact) mass is 522 g/mol. The van der Waals surface area contributed by atoms with Crippen molar-refractivity contribution in [2.45, 2.75) is 32.9 Å². The zero-order valence-electron chi connectivity index (χ0n) is 20.9. The second kappa shape index (κ2) is 10.6. The van der Waals surface area contributed by atoms with Gasteiger partial charge in [0.05, 0.1) is 6.61 Å². The Kier molecular flexibility index (Phi) is 7.44. The third kappa shape index (κ3) is 5.64. The molecule has 0 saturated heterocycles. The van der Waals surface area contributed by atoms with Gasteiger partial charge in [-0.05, 0) is 67.6 Å². The number of alkyl halides is 3. The number of esters is 2. The van der Waals surface area contributed by atoms with Crippen molar-refractivity contribution in [3.8, 4) is 16.9 Å². The van der Waals surface area contributed by atoms with Gasteiger partial charge in [0.2, 0.25) is 0 Å². The molecule has 3 aromatic carbocycles. The van der Waals surface area contributed by atoms with Crippen LogP contribution in [-0.4, -0.2) is 18.5 Å². The largest absolute Gasteiger partial charge is 0.462 e. The van der Waals surface area contributed by atoms with Crippen LogP contribution in [0.5, 0.6) is 5.75 Å². The van der Waals surface area contributed by atoms with Crippen LogP contribution in [-0.2, 0) is 26.9 Å². The number of benzene rings is 3. The molecule has 0 amide bonds. The van der Waals surface area contributed by atoms with Gasteiger partial charge in [0, 0.05) is 21.9 Å². The summed E-state index contributed by atoms with van der Waals surface area (Å²) in [6, 6.07) is 15.5. The van der Waals surface area contributed by atoms with Gasteiger partial charge in [0.15, 0.2) is 5.58 Å². The summed E-state index contributed by atoms with van der Waals surface area (Å²) < 4.78 is 57.8. The van der Waals surface area contributed by atoms with E-state index in [4.69, 9.17) is 13.9 Å². The number of hydrogen-bond donors (Lipinski definition) is 0. The Balaban J connectivity index is 1.61. The highest BCUT2D eigenvalue weighted by Crippen LogP contribution is 2.45. The number of carbonyl (C=O) groups excluding carboxylic acids is 2. The van der Waals surface area contributed by atoms with Crippen molar-refractivity contribution in [1.29, 1.82) is 0 Å². The van der Waals surface area contributed by atoms with Crippen LogP contribution in [0.3, 0.4) is 0 Å². The fourth-order valence-electron chi connectivity index (χ4n) is 3.97. The molecule has 0 aliphatic rings. The molecule has 0 unspecified atom stereocenters. The van der Waals surface area contributed by atoms with E-state index in [0.29, 0.717) is 30.4 Å². The minimum Gasteiger partial charge on any atom is -0.462 e. The summed E-state index contributed by atoms with van der Waals surface area (Å²) in [5, 5.41) is 0.768. The molecule has 0 atom stereocenters. The molecule has 0 bridgehead atoms. The van der Waals surface area contributed by atoms with Crippen LogP contribution >= 0.6 is 0 Å². The van der Waals surface area contributed by atoms with Crippen LogP contribution in [0.2, 0.25) is 0 Å². The van der Waals surface area contributed by atoms with Gasteiger partial charge in [0.25, 0.3) is 0 Å². The summed E-state index contributed by atoms with van der Waals surface area (Å²) in [5.74, 6) is -2.00. The quantitative estimate of drug-likeness (QED) is 0.102. The van der Waals surface area contributed by atoms with Gasteiger partial charge in [-0.15, -0.1) is 0 Å². The van der Waals surface area contributed by atoms with Gasteiger partial charge in [-0.2, -0.15) is 13.2 Å². The Morgan fingerprint density at radius 2 is 1.50 bits per heavy atom. The van der Waals surface area contributed by atoms with Crippen molar-refractivity contribution >= 4 is 33.9 Å². The number of ether oxygens (including phenoxy) is 2. The fourth-order valence-corrected chi connectivity index (χ4v) is 3.97. The SMILES string of the molecule is C=C(C)C(=O)OCCCc1ccc(-c2ccc3c(c2)oc2c(C(F)(F)F)c(OC(=O)C(=C)C)ccc23)cc1. The first-order valence-corrected chi connectivity index (χ1v) is 11.8. The van der Waals surface area contributed by atoms with E-state index < -0.39 is 35.0 Å². The summed E-state index contributed by atoms with van der Waals surface area (Å²) in [5.41, 5.74) is 1.73. The number of rotatable bonds is 8. The molecule has 4 aromatic rings. The number of halogens is 3. The summed E-state index contributed by atoms with van der Waals surface area (Å²) in [6.45, 7) is 10.2. The lowest BCUT2D eigenvalue weighted by molar-refractivity contribution is -0.141. The molecule has 8 heteroatoms. The number of furan rings is 1. The highest BCUT2D eigenvalue weighted by atomic mass is 19.4. The van der Waals surface area contributed by atoms with E-state index >= 15 is 0 Å². The van der Waals surface area contributed by atoms with Crippen LogP contribution < -0.4 is 4.74 Å². The molecule has 5 nitrogen and oxygen atoms in total. The molecule has 0 spiro atoms. The molecule has 4 rings (SSSR count). The second-order valence-corrected chi connectivity index (χ2v) is 9.01. The zero-order chi connectivity index (χ0) is 27.6. The molecule has 0 N–H and O–H groups in total. The Labute approximate surface area is 217 Å². The molecule has 38 heavy (non-hydrogen) atoms. The van der Waals surface area contributed by atoms with E-state index in [0.717, 1.165) is 22.8 Å². The molecule has 1 heterocycles. The van der Waals surface area contributed by atoms with Crippen LogP contribution in [0, 0.1) is 0 Å². The van der Waals surface area contributed by atoms with E-state index in [1.165, 1.54) is 13.0 Å².